The molecule has 1 aliphatic rings. The Labute approximate surface area is 170 Å². The van der Waals surface area contributed by atoms with Crippen molar-refractivity contribution in [2.45, 2.75) is 50.3 Å². The van der Waals surface area contributed by atoms with Crippen molar-refractivity contribution < 1.29 is 17.9 Å². The lowest BCUT2D eigenvalue weighted by Gasteiger charge is -2.16. The van der Waals surface area contributed by atoms with Gasteiger partial charge in [-0.25, -0.2) is 13.1 Å². The van der Waals surface area contributed by atoms with Crippen LogP contribution in [0.2, 0.25) is 5.02 Å². The molecule has 3 rings (SSSR count). The number of benzene rings is 2. The average Bonchev–Trinajstić information content (AvgIpc) is 3.46. The van der Waals surface area contributed by atoms with Crippen LogP contribution in [-0.2, 0) is 21.4 Å². The van der Waals surface area contributed by atoms with Gasteiger partial charge >= 0.3 is 0 Å². The van der Waals surface area contributed by atoms with Gasteiger partial charge in [-0.05, 0) is 62.1 Å². The average molecular weight is 423 g/mol. The van der Waals surface area contributed by atoms with E-state index in [0.29, 0.717) is 10.8 Å². The Morgan fingerprint density at radius 2 is 1.89 bits per heavy atom. The van der Waals surface area contributed by atoms with E-state index in [1.165, 1.54) is 0 Å². The lowest BCUT2D eigenvalue weighted by atomic mass is 10.2. The first-order valence-corrected chi connectivity index (χ1v) is 10.9. The number of hydrogen-bond donors (Lipinski definition) is 2. The second-order valence-electron chi connectivity index (χ2n) is 6.95. The topological polar surface area (TPSA) is 84.5 Å². The van der Waals surface area contributed by atoms with Gasteiger partial charge in [0.2, 0.25) is 10.0 Å². The molecule has 0 aliphatic heterocycles. The van der Waals surface area contributed by atoms with E-state index >= 15 is 0 Å². The van der Waals surface area contributed by atoms with E-state index in [9.17, 15) is 13.2 Å². The predicted molar refractivity (Wildman–Crippen MR) is 108 cm³/mol. The minimum atomic E-state index is -3.47. The van der Waals surface area contributed by atoms with E-state index in [-0.39, 0.29) is 23.4 Å². The highest BCUT2D eigenvalue weighted by Crippen LogP contribution is 2.26. The van der Waals surface area contributed by atoms with Crippen molar-refractivity contribution in [1.82, 2.24) is 10.0 Å². The molecule has 0 spiro atoms. The molecule has 1 aliphatic carbocycles. The standard InChI is InChI=1S/C20H23ClN2O4S/c1-13-3-10-18(21)19(11-13)27-14(2)20(24)22-12-15-4-8-17(9-5-15)28(25,26)23-16-6-7-16/h3-5,8-11,14,16,23H,6-7,12H2,1-2H3,(H,22,24). The third-order valence-electron chi connectivity index (χ3n) is 4.36. The van der Waals surface area contributed by atoms with E-state index in [1.807, 2.05) is 13.0 Å². The number of aryl methyl sites for hydroxylation is 1. The molecule has 28 heavy (non-hydrogen) atoms. The molecule has 6 nitrogen and oxygen atoms in total. The van der Waals surface area contributed by atoms with E-state index in [1.54, 1.807) is 43.3 Å². The Balaban J connectivity index is 1.54. The minimum Gasteiger partial charge on any atom is -0.479 e. The Kier molecular flexibility index (Phi) is 6.27. The zero-order valence-electron chi connectivity index (χ0n) is 15.7. The Hall–Kier alpha value is -2.09. The van der Waals surface area contributed by atoms with Gasteiger partial charge in [0.05, 0.1) is 9.92 Å². The molecule has 2 aromatic rings. The van der Waals surface area contributed by atoms with Crippen molar-refractivity contribution in [3.05, 3.63) is 58.6 Å². The molecule has 1 unspecified atom stereocenters. The zero-order chi connectivity index (χ0) is 20.3. The molecule has 0 heterocycles. The van der Waals surface area contributed by atoms with Crippen LogP contribution in [0.15, 0.2) is 47.4 Å². The number of carbonyl (C=O) groups is 1. The van der Waals surface area contributed by atoms with Gasteiger partial charge in [0, 0.05) is 12.6 Å². The van der Waals surface area contributed by atoms with Crippen molar-refractivity contribution >= 4 is 27.5 Å². The molecule has 0 aromatic heterocycles. The van der Waals surface area contributed by atoms with Gasteiger partial charge in [0.1, 0.15) is 5.75 Å². The molecule has 8 heteroatoms. The summed E-state index contributed by atoms with van der Waals surface area (Å²) in [5, 5.41) is 3.23. The van der Waals surface area contributed by atoms with Crippen LogP contribution in [0.3, 0.4) is 0 Å². The molecule has 1 saturated carbocycles. The lowest BCUT2D eigenvalue weighted by molar-refractivity contribution is -0.127. The number of nitrogens with one attached hydrogen (secondary N) is 2. The molecule has 1 atom stereocenters. The fourth-order valence-electron chi connectivity index (χ4n) is 2.55. The van der Waals surface area contributed by atoms with Crippen LogP contribution in [0.4, 0.5) is 0 Å². The van der Waals surface area contributed by atoms with E-state index in [2.05, 4.69) is 10.0 Å². The van der Waals surface area contributed by atoms with E-state index in [0.717, 1.165) is 24.0 Å². The van der Waals surface area contributed by atoms with Crippen molar-refractivity contribution in [3.63, 3.8) is 0 Å². The van der Waals surface area contributed by atoms with Crippen molar-refractivity contribution in [2.75, 3.05) is 0 Å². The van der Waals surface area contributed by atoms with Crippen molar-refractivity contribution in [1.29, 1.82) is 0 Å². The van der Waals surface area contributed by atoms with Crippen LogP contribution in [0, 0.1) is 6.92 Å². The van der Waals surface area contributed by atoms with Crippen LogP contribution in [0.5, 0.6) is 5.75 Å². The molecule has 0 radical (unpaired) electrons. The molecular formula is C20H23ClN2O4S. The third-order valence-corrected chi connectivity index (χ3v) is 6.21. The summed E-state index contributed by atoms with van der Waals surface area (Å²) in [7, 11) is -3.47. The van der Waals surface area contributed by atoms with Gasteiger partial charge in [-0.2, -0.15) is 0 Å². The fourth-order valence-corrected chi connectivity index (χ4v) is 4.02. The monoisotopic (exact) mass is 422 g/mol. The molecule has 0 bridgehead atoms. The van der Waals surface area contributed by atoms with Crippen molar-refractivity contribution in [3.8, 4) is 5.75 Å². The summed E-state index contributed by atoms with van der Waals surface area (Å²) in [4.78, 5) is 12.5. The normalized spacial score (nSPS) is 15.1. The predicted octanol–water partition coefficient (Wildman–Crippen LogP) is 3.17. The van der Waals surface area contributed by atoms with Gasteiger partial charge in [-0.3, -0.25) is 4.79 Å². The number of amides is 1. The van der Waals surface area contributed by atoms with Crippen LogP contribution >= 0.6 is 11.6 Å². The molecule has 2 N–H and O–H groups in total. The zero-order valence-corrected chi connectivity index (χ0v) is 17.3. The summed E-state index contributed by atoms with van der Waals surface area (Å²) >= 11 is 6.09. The van der Waals surface area contributed by atoms with E-state index < -0.39 is 16.1 Å². The Morgan fingerprint density at radius 1 is 1.21 bits per heavy atom. The quantitative estimate of drug-likeness (QED) is 0.684. The van der Waals surface area contributed by atoms with Crippen LogP contribution in [0.25, 0.3) is 0 Å². The second-order valence-corrected chi connectivity index (χ2v) is 9.07. The first kappa shape index (κ1) is 20.6. The summed E-state index contributed by atoms with van der Waals surface area (Å²) in [6.45, 7) is 3.83. The maximum atomic E-state index is 12.3. The first-order chi connectivity index (χ1) is 13.2. The Morgan fingerprint density at radius 3 is 2.54 bits per heavy atom. The summed E-state index contributed by atoms with van der Waals surface area (Å²) in [6, 6.07) is 11.9. The molecule has 1 amide bonds. The van der Waals surface area contributed by atoms with Gasteiger partial charge in [0.25, 0.3) is 5.91 Å². The van der Waals surface area contributed by atoms with Gasteiger partial charge in [-0.15, -0.1) is 0 Å². The SMILES string of the molecule is Cc1ccc(Cl)c(OC(C)C(=O)NCc2ccc(S(=O)(=O)NC3CC3)cc2)c1. The minimum absolute atomic E-state index is 0.0624. The summed E-state index contributed by atoms with van der Waals surface area (Å²) in [5.41, 5.74) is 1.78. The molecule has 1 fully saturated rings. The van der Waals surface area contributed by atoms with Crippen LogP contribution in [0.1, 0.15) is 30.9 Å². The number of ether oxygens (including phenoxy) is 1. The van der Waals surface area contributed by atoms with Gasteiger partial charge in [0.15, 0.2) is 6.10 Å². The Bertz CT molecular complexity index is 957. The molecular weight excluding hydrogens is 400 g/mol. The van der Waals surface area contributed by atoms with Gasteiger partial charge in [-0.1, -0.05) is 29.8 Å². The first-order valence-electron chi connectivity index (χ1n) is 9.06. The number of carbonyl (C=O) groups excluding carboxylic acids is 1. The highest BCUT2D eigenvalue weighted by atomic mass is 35.5. The largest absolute Gasteiger partial charge is 0.479 e. The maximum absolute atomic E-state index is 12.3. The van der Waals surface area contributed by atoms with E-state index in [4.69, 9.17) is 16.3 Å². The second kappa shape index (κ2) is 8.51. The lowest BCUT2D eigenvalue weighted by Crippen LogP contribution is -2.36. The number of rotatable bonds is 8. The number of sulfonamides is 1. The van der Waals surface area contributed by atoms with Crippen LogP contribution < -0.4 is 14.8 Å². The number of hydrogen-bond acceptors (Lipinski definition) is 4. The smallest absolute Gasteiger partial charge is 0.261 e. The summed E-state index contributed by atoms with van der Waals surface area (Å²) in [5.74, 6) is 0.173. The summed E-state index contributed by atoms with van der Waals surface area (Å²) in [6.07, 6.45) is 1.05. The van der Waals surface area contributed by atoms with Crippen molar-refractivity contribution in [2.24, 2.45) is 0 Å². The highest BCUT2D eigenvalue weighted by Gasteiger charge is 2.27. The fraction of sp³-hybridized carbons (Fsp3) is 0.350. The third kappa shape index (κ3) is 5.47. The number of halogens is 1. The highest BCUT2D eigenvalue weighted by molar-refractivity contribution is 7.89. The molecule has 150 valence electrons. The van der Waals surface area contributed by atoms with Gasteiger partial charge < -0.3 is 10.1 Å². The maximum Gasteiger partial charge on any atom is 0.261 e. The van der Waals surface area contributed by atoms with Crippen LogP contribution in [-0.4, -0.2) is 26.5 Å². The molecule has 2 aromatic carbocycles. The molecule has 0 saturated heterocycles. The summed E-state index contributed by atoms with van der Waals surface area (Å²) < 4.78 is 32.6.